The lowest BCUT2D eigenvalue weighted by atomic mass is 9.44. The first-order valence-electron chi connectivity index (χ1n) is 18.1. The summed E-state index contributed by atoms with van der Waals surface area (Å²) < 4.78 is 15.5. The molecule has 0 radical (unpaired) electrons. The maximum absolute atomic E-state index is 6.90. The molecule has 0 amide bonds. The topological polar surface area (TPSA) is 30.5 Å². The molecule has 8 aromatic carbocycles. The minimum Gasteiger partial charge on any atom is -0.458 e. The Balaban J connectivity index is 1.15. The first-order chi connectivity index (χ1) is 26.3. The van der Waals surface area contributed by atoms with Gasteiger partial charge in [-0.05, 0) is 82.8 Å². The van der Waals surface area contributed by atoms with Gasteiger partial charge < -0.3 is 18.5 Å². The molecule has 2 aromatic heterocycles. The second-order valence-electron chi connectivity index (χ2n) is 14.1. The number of rotatable bonds is 3. The van der Waals surface area contributed by atoms with Crippen LogP contribution >= 0.6 is 0 Å². The Hall–Kier alpha value is -6.98. The van der Waals surface area contributed by atoms with E-state index in [1.54, 1.807) is 0 Å². The van der Waals surface area contributed by atoms with Crippen LogP contribution in [0.5, 0.6) is 11.5 Å². The van der Waals surface area contributed by atoms with Crippen LogP contribution in [0.15, 0.2) is 180 Å². The Labute approximate surface area is 305 Å². The summed E-state index contributed by atoms with van der Waals surface area (Å²) >= 11 is 0. The molecule has 2 aliphatic rings. The number of hydrogen-bond donors (Lipinski definition) is 0. The lowest BCUT2D eigenvalue weighted by Gasteiger charge is -2.42. The first-order valence-corrected chi connectivity index (χ1v) is 18.1. The van der Waals surface area contributed by atoms with Crippen LogP contribution in [0.1, 0.15) is 0 Å². The van der Waals surface area contributed by atoms with Crippen molar-refractivity contribution in [2.75, 3.05) is 4.81 Å². The van der Waals surface area contributed by atoms with Crippen LogP contribution < -0.4 is 20.5 Å². The van der Waals surface area contributed by atoms with E-state index in [0.717, 1.165) is 67.1 Å². The molecule has 53 heavy (non-hydrogen) atoms. The molecule has 4 nitrogen and oxygen atoms in total. The van der Waals surface area contributed by atoms with Gasteiger partial charge >= 0.3 is 6.85 Å². The van der Waals surface area contributed by atoms with Crippen molar-refractivity contribution in [2.24, 2.45) is 0 Å². The Morgan fingerprint density at radius 3 is 1.92 bits per heavy atom. The molecule has 4 heterocycles. The zero-order valence-electron chi connectivity index (χ0n) is 28.5. The first kappa shape index (κ1) is 28.7. The van der Waals surface area contributed by atoms with Gasteiger partial charge in [0.25, 0.3) is 0 Å². The molecule has 2 aliphatic heterocycles. The average Bonchev–Trinajstić information content (AvgIpc) is 3.76. The number of nitrogens with zero attached hydrogens (tertiary/aromatic N) is 2. The van der Waals surface area contributed by atoms with Gasteiger partial charge in [-0.2, -0.15) is 0 Å². The Morgan fingerprint density at radius 2 is 1.09 bits per heavy atom. The minimum absolute atomic E-state index is 0.0948. The fraction of sp³-hybridized carbons (Fsp3) is 0. The summed E-state index contributed by atoms with van der Waals surface area (Å²) in [6.45, 7) is -0.0948. The van der Waals surface area contributed by atoms with Crippen molar-refractivity contribution in [1.29, 1.82) is 0 Å². The predicted octanol–water partition coefficient (Wildman–Crippen LogP) is 11.4. The molecule has 0 fully saturated rings. The van der Waals surface area contributed by atoms with Crippen molar-refractivity contribution in [1.82, 2.24) is 4.57 Å². The van der Waals surface area contributed by atoms with Crippen LogP contribution in [0.2, 0.25) is 0 Å². The van der Waals surface area contributed by atoms with Crippen molar-refractivity contribution in [2.45, 2.75) is 0 Å². The molecule has 0 aliphatic carbocycles. The molecule has 0 saturated carbocycles. The quantitative estimate of drug-likeness (QED) is 0.175. The Morgan fingerprint density at radius 1 is 0.434 bits per heavy atom. The maximum atomic E-state index is 6.90. The van der Waals surface area contributed by atoms with Gasteiger partial charge in [0, 0.05) is 50.0 Å². The SMILES string of the molecule is c1ccc(N2B3c4ccccc4Oc4cc(-n5c6ccccc6c6ccccc65)cc(c43)-c3ccc(-c4ccc5oc6ccccc6c5c4)cc32)cc1. The van der Waals surface area contributed by atoms with Crippen LogP contribution in [0.25, 0.3) is 71.7 Å². The second kappa shape index (κ2) is 10.8. The van der Waals surface area contributed by atoms with Crippen molar-refractivity contribution < 1.29 is 9.15 Å². The zero-order valence-corrected chi connectivity index (χ0v) is 28.5. The molecule has 0 unspecified atom stereocenters. The third-order valence-corrected chi connectivity index (χ3v) is 11.2. The number of hydrogen-bond acceptors (Lipinski definition) is 3. The van der Waals surface area contributed by atoms with Crippen molar-refractivity contribution in [3.8, 4) is 39.4 Å². The van der Waals surface area contributed by atoms with Gasteiger partial charge in [-0.15, -0.1) is 0 Å². The zero-order chi connectivity index (χ0) is 34.6. The van der Waals surface area contributed by atoms with Gasteiger partial charge in [-0.25, -0.2) is 0 Å². The van der Waals surface area contributed by atoms with Gasteiger partial charge in [0.05, 0.1) is 16.7 Å². The normalized spacial score (nSPS) is 13.0. The van der Waals surface area contributed by atoms with Crippen LogP contribution in [0.3, 0.4) is 0 Å². The molecule has 0 saturated heterocycles. The minimum atomic E-state index is -0.0948. The van der Waals surface area contributed by atoms with E-state index in [-0.39, 0.29) is 6.85 Å². The van der Waals surface area contributed by atoms with E-state index in [2.05, 4.69) is 173 Å². The molecule has 10 aromatic rings. The fourth-order valence-electron chi connectivity index (χ4n) is 8.93. The highest BCUT2D eigenvalue weighted by molar-refractivity contribution is 6.92. The number of ether oxygens (including phenoxy) is 1. The number of fused-ring (bicyclic) bond motifs is 10. The van der Waals surface area contributed by atoms with Crippen molar-refractivity contribution in [3.63, 3.8) is 0 Å². The van der Waals surface area contributed by atoms with Crippen LogP contribution in [0, 0.1) is 0 Å². The standard InChI is InChI=1S/C48H29BN2O2/c1-2-12-32(13-3-1)51-43-27-31(30-23-25-45-38(26-30)37-16-6-10-20-44(37)52-45)22-24-36(43)39-28-33(29-47-48(39)49(51)40-17-7-11-21-46(40)53-47)50-41-18-8-4-14-34(41)35-15-5-9-19-42(35)50/h1-29H. The highest BCUT2D eigenvalue weighted by Gasteiger charge is 2.44. The monoisotopic (exact) mass is 676 g/mol. The largest absolute Gasteiger partial charge is 0.458 e. The van der Waals surface area contributed by atoms with E-state index in [1.807, 2.05) is 12.1 Å². The Kier molecular flexibility index (Phi) is 5.83. The molecule has 0 atom stereocenters. The van der Waals surface area contributed by atoms with E-state index < -0.39 is 0 Å². The number of aromatic nitrogens is 1. The lowest BCUT2D eigenvalue weighted by molar-refractivity contribution is 0.487. The average molecular weight is 677 g/mol. The Bertz CT molecular complexity index is 3070. The summed E-state index contributed by atoms with van der Waals surface area (Å²) in [5, 5.41) is 4.73. The maximum Gasteiger partial charge on any atom is 0.336 e. The predicted molar refractivity (Wildman–Crippen MR) is 219 cm³/mol. The summed E-state index contributed by atoms with van der Waals surface area (Å²) in [6, 6.07) is 63.1. The summed E-state index contributed by atoms with van der Waals surface area (Å²) in [4.78, 5) is 2.51. The van der Waals surface area contributed by atoms with E-state index in [0.29, 0.717) is 0 Å². The van der Waals surface area contributed by atoms with Crippen LogP contribution in [-0.2, 0) is 0 Å². The summed E-state index contributed by atoms with van der Waals surface area (Å²) in [5.41, 5.74) is 14.5. The number of benzene rings is 8. The van der Waals surface area contributed by atoms with Gasteiger partial charge in [-0.3, -0.25) is 0 Å². The highest BCUT2D eigenvalue weighted by atomic mass is 16.5. The fourth-order valence-corrected chi connectivity index (χ4v) is 8.93. The molecular formula is C48H29BN2O2. The van der Waals surface area contributed by atoms with Gasteiger partial charge in [0.1, 0.15) is 22.7 Å². The van der Waals surface area contributed by atoms with Crippen molar-refractivity contribution in [3.05, 3.63) is 176 Å². The van der Waals surface area contributed by atoms with E-state index in [4.69, 9.17) is 9.15 Å². The van der Waals surface area contributed by atoms with E-state index in [9.17, 15) is 0 Å². The number of para-hydroxylation sites is 5. The lowest BCUT2D eigenvalue weighted by Crippen LogP contribution is -2.59. The second-order valence-corrected chi connectivity index (χ2v) is 14.1. The van der Waals surface area contributed by atoms with Gasteiger partial charge in [-0.1, -0.05) is 109 Å². The number of furan rings is 1. The molecular weight excluding hydrogens is 647 g/mol. The van der Waals surface area contributed by atoms with E-state index >= 15 is 0 Å². The third kappa shape index (κ3) is 4.07. The molecule has 246 valence electrons. The van der Waals surface area contributed by atoms with Crippen LogP contribution in [0.4, 0.5) is 11.4 Å². The number of anilines is 2. The summed E-state index contributed by atoms with van der Waals surface area (Å²) in [5.74, 6) is 1.77. The molecule has 0 bridgehead atoms. The highest BCUT2D eigenvalue weighted by Crippen LogP contribution is 2.47. The van der Waals surface area contributed by atoms with Crippen LogP contribution in [-0.4, -0.2) is 11.4 Å². The molecule has 0 spiro atoms. The summed E-state index contributed by atoms with van der Waals surface area (Å²) in [6.07, 6.45) is 0. The van der Waals surface area contributed by atoms with E-state index in [1.165, 1.54) is 38.4 Å². The third-order valence-electron chi connectivity index (χ3n) is 11.2. The van der Waals surface area contributed by atoms with Crippen molar-refractivity contribution >= 4 is 72.9 Å². The van der Waals surface area contributed by atoms with Gasteiger partial charge in [0.2, 0.25) is 0 Å². The smallest absolute Gasteiger partial charge is 0.336 e. The summed E-state index contributed by atoms with van der Waals surface area (Å²) in [7, 11) is 0. The van der Waals surface area contributed by atoms with Gasteiger partial charge in [0.15, 0.2) is 0 Å². The molecule has 5 heteroatoms. The molecule has 12 rings (SSSR count). The molecule has 0 N–H and O–H groups in total.